The molecule has 10 heteroatoms. The SMILES string of the molecule is CCCOc1ccc(Oc2ncccc2CNC(=O)c2cc(S(=O)(=O)NC)ccc2Cl)cc1. The average Bonchev–Trinajstić information content (AvgIpc) is 2.83. The van der Waals surface area contributed by atoms with Crippen LogP contribution < -0.4 is 19.5 Å². The smallest absolute Gasteiger partial charge is 0.253 e. The average molecular weight is 490 g/mol. The topological polar surface area (TPSA) is 107 Å². The number of nitrogens with one attached hydrogen (secondary N) is 2. The summed E-state index contributed by atoms with van der Waals surface area (Å²) >= 11 is 6.13. The number of sulfonamides is 1. The predicted molar refractivity (Wildman–Crippen MR) is 125 cm³/mol. The molecule has 174 valence electrons. The lowest BCUT2D eigenvalue weighted by atomic mass is 10.2. The monoisotopic (exact) mass is 489 g/mol. The quantitative estimate of drug-likeness (QED) is 0.443. The maximum absolute atomic E-state index is 12.7. The predicted octanol–water partition coefficient (Wildman–Crippen LogP) is 4.15. The number of carbonyl (C=O) groups is 1. The van der Waals surface area contributed by atoms with Crippen LogP contribution in [-0.2, 0) is 16.6 Å². The van der Waals surface area contributed by atoms with E-state index in [9.17, 15) is 13.2 Å². The summed E-state index contributed by atoms with van der Waals surface area (Å²) in [6.45, 7) is 2.77. The molecule has 2 aromatic carbocycles. The number of halogens is 1. The number of aromatic nitrogens is 1. The van der Waals surface area contributed by atoms with Gasteiger partial charge in [-0.1, -0.05) is 24.6 Å². The van der Waals surface area contributed by atoms with Gasteiger partial charge < -0.3 is 14.8 Å². The summed E-state index contributed by atoms with van der Waals surface area (Å²) in [5, 5.41) is 2.87. The van der Waals surface area contributed by atoms with Gasteiger partial charge in [0.15, 0.2) is 0 Å². The van der Waals surface area contributed by atoms with Gasteiger partial charge in [0, 0.05) is 18.3 Å². The zero-order valence-corrected chi connectivity index (χ0v) is 19.7. The van der Waals surface area contributed by atoms with Crippen LogP contribution in [0.1, 0.15) is 29.3 Å². The Morgan fingerprint density at radius 3 is 2.52 bits per heavy atom. The van der Waals surface area contributed by atoms with E-state index in [1.165, 1.54) is 25.2 Å². The van der Waals surface area contributed by atoms with Gasteiger partial charge in [0.2, 0.25) is 15.9 Å². The molecule has 1 heterocycles. The molecule has 2 N–H and O–H groups in total. The van der Waals surface area contributed by atoms with Crippen molar-refractivity contribution in [2.24, 2.45) is 0 Å². The van der Waals surface area contributed by atoms with E-state index in [0.29, 0.717) is 23.8 Å². The molecule has 0 unspecified atom stereocenters. The fraction of sp³-hybridized carbons (Fsp3) is 0.217. The van der Waals surface area contributed by atoms with Crippen molar-refractivity contribution in [3.8, 4) is 17.4 Å². The molecule has 8 nitrogen and oxygen atoms in total. The fourth-order valence-corrected chi connectivity index (χ4v) is 3.78. The summed E-state index contributed by atoms with van der Waals surface area (Å²) in [4.78, 5) is 16.9. The Morgan fingerprint density at radius 2 is 1.82 bits per heavy atom. The van der Waals surface area contributed by atoms with E-state index in [4.69, 9.17) is 21.1 Å². The van der Waals surface area contributed by atoms with Crippen molar-refractivity contribution in [1.82, 2.24) is 15.0 Å². The third-order valence-corrected chi connectivity index (χ3v) is 6.30. The molecule has 0 aliphatic heterocycles. The minimum atomic E-state index is -3.72. The van der Waals surface area contributed by atoms with Crippen LogP contribution in [0.25, 0.3) is 0 Å². The van der Waals surface area contributed by atoms with Crippen LogP contribution in [-0.4, -0.2) is 33.0 Å². The van der Waals surface area contributed by atoms with Gasteiger partial charge in [-0.2, -0.15) is 0 Å². The Hall–Kier alpha value is -3.14. The zero-order valence-electron chi connectivity index (χ0n) is 18.2. The lowest BCUT2D eigenvalue weighted by Crippen LogP contribution is -2.24. The highest BCUT2D eigenvalue weighted by Crippen LogP contribution is 2.26. The maximum atomic E-state index is 12.7. The Kier molecular flexibility index (Phi) is 8.26. The Balaban J connectivity index is 1.72. The number of hydrogen-bond acceptors (Lipinski definition) is 6. The second-order valence-corrected chi connectivity index (χ2v) is 9.22. The number of amides is 1. The van der Waals surface area contributed by atoms with E-state index in [-0.39, 0.29) is 22.0 Å². The Labute approximate surface area is 198 Å². The van der Waals surface area contributed by atoms with Crippen molar-refractivity contribution >= 4 is 27.5 Å². The van der Waals surface area contributed by atoms with Crippen molar-refractivity contribution < 1.29 is 22.7 Å². The lowest BCUT2D eigenvalue weighted by molar-refractivity contribution is 0.0950. The molecule has 0 radical (unpaired) electrons. The molecule has 0 aliphatic rings. The molecule has 0 fully saturated rings. The number of benzene rings is 2. The minimum absolute atomic E-state index is 0.0435. The van der Waals surface area contributed by atoms with E-state index in [1.807, 2.05) is 19.1 Å². The van der Waals surface area contributed by atoms with E-state index >= 15 is 0 Å². The van der Waals surface area contributed by atoms with Gasteiger partial charge in [0.05, 0.1) is 22.1 Å². The molecule has 0 aliphatic carbocycles. The summed E-state index contributed by atoms with van der Waals surface area (Å²) in [5.74, 6) is 1.12. The summed E-state index contributed by atoms with van der Waals surface area (Å²) < 4.78 is 37.7. The molecule has 0 saturated carbocycles. The highest BCUT2D eigenvalue weighted by atomic mass is 35.5. The van der Waals surface area contributed by atoms with Crippen molar-refractivity contribution in [2.75, 3.05) is 13.7 Å². The summed E-state index contributed by atoms with van der Waals surface area (Å²) in [5.41, 5.74) is 0.675. The van der Waals surface area contributed by atoms with Crippen LogP contribution in [0.5, 0.6) is 17.4 Å². The minimum Gasteiger partial charge on any atom is -0.494 e. The van der Waals surface area contributed by atoms with Gasteiger partial charge in [-0.25, -0.2) is 18.1 Å². The van der Waals surface area contributed by atoms with Crippen LogP contribution in [0.4, 0.5) is 0 Å². The molecule has 3 aromatic rings. The maximum Gasteiger partial charge on any atom is 0.253 e. The van der Waals surface area contributed by atoms with Crippen LogP contribution >= 0.6 is 11.6 Å². The van der Waals surface area contributed by atoms with Crippen molar-refractivity contribution in [3.05, 3.63) is 76.9 Å². The van der Waals surface area contributed by atoms with Gasteiger partial charge in [0.1, 0.15) is 11.5 Å². The van der Waals surface area contributed by atoms with Crippen LogP contribution in [0, 0.1) is 0 Å². The highest BCUT2D eigenvalue weighted by molar-refractivity contribution is 7.89. The first kappa shape index (κ1) is 24.5. The van der Waals surface area contributed by atoms with E-state index in [0.717, 1.165) is 12.2 Å². The van der Waals surface area contributed by atoms with E-state index in [2.05, 4.69) is 15.0 Å². The second kappa shape index (κ2) is 11.1. The number of pyridine rings is 1. The van der Waals surface area contributed by atoms with Gasteiger partial charge in [0.25, 0.3) is 5.91 Å². The summed E-state index contributed by atoms with van der Waals surface area (Å²) in [6.07, 6.45) is 2.50. The first-order chi connectivity index (χ1) is 15.8. The van der Waals surface area contributed by atoms with Crippen molar-refractivity contribution in [1.29, 1.82) is 0 Å². The lowest BCUT2D eigenvalue weighted by Gasteiger charge is -2.12. The number of ether oxygens (including phenoxy) is 2. The van der Waals surface area contributed by atoms with Gasteiger partial charge in [-0.05, 0) is 62.0 Å². The largest absolute Gasteiger partial charge is 0.494 e. The molecular weight excluding hydrogens is 466 g/mol. The summed E-state index contributed by atoms with van der Waals surface area (Å²) in [7, 11) is -2.42. The number of carbonyl (C=O) groups excluding carboxylic acids is 1. The summed E-state index contributed by atoms with van der Waals surface area (Å²) in [6, 6.07) is 14.6. The van der Waals surface area contributed by atoms with Crippen LogP contribution in [0.3, 0.4) is 0 Å². The molecule has 0 saturated heterocycles. The van der Waals surface area contributed by atoms with Gasteiger partial charge in [-0.15, -0.1) is 0 Å². The van der Waals surface area contributed by atoms with Crippen molar-refractivity contribution in [2.45, 2.75) is 24.8 Å². The van der Waals surface area contributed by atoms with E-state index < -0.39 is 15.9 Å². The molecule has 1 aromatic heterocycles. The van der Waals surface area contributed by atoms with Crippen LogP contribution in [0.15, 0.2) is 65.7 Å². The molecule has 1 amide bonds. The third-order valence-electron chi connectivity index (χ3n) is 4.56. The van der Waals surface area contributed by atoms with Crippen molar-refractivity contribution in [3.63, 3.8) is 0 Å². The molecule has 3 rings (SSSR count). The second-order valence-electron chi connectivity index (χ2n) is 6.92. The first-order valence-electron chi connectivity index (χ1n) is 10.2. The van der Waals surface area contributed by atoms with Gasteiger partial charge in [-0.3, -0.25) is 4.79 Å². The Bertz CT molecular complexity index is 1220. The molecular formula is C23H24ClN3O5S. The fourth-order valence-electron chi connectivity index (χ4n) is 2.82. The highest BCUT2D eigenvalue weighted by Gasteiger charge is 2.18. The standard InChI is InChI=1S/C23H24ClN3O5S/c1-3-13-31-17-6-8-18(9-7-17)32-23-16(5-4-12-26-23)15-27-22(28)20-14-19(10-11-21(20)24)33(29,30)25-2/h4-12,14,25H,3,13,15H2,1-2H3,(H,27,28). The molecule has 0 spiro atoms. The molecule has 33 heavy (non-hydrogen) atoms. The number of nitrogens with zero attached hydrogens (tertiary/aromatic N) is 1. The normalized spacial score (nSPS) is 11.1. The number of hydrogen-bond donors (Lipinski definition) is 2. The van der Waals surface area contributed by atoms with Crippen LogP contribution in [0.2, 0.25) is 5.02 Å². The van der Waals surface area contributed by atoms with E-state index in [1.54, 1.807) is 30.5 Å². The van der Waals surface area contributed by atoms with Gasteiger partial charge >= 0.3 is 0 Å². The third kappa shape index (κ3) is 6.44. The first-order valence-corrected chi connectivity index (χ1v) is 12.1. The molecule has 0 atom stereocenters. The Morgan fingerprint density at radius 1 is 1.09 bits per heavy atom. The number of rotatable bonds is 10. The molecule has 0 bridgehead atoms. The zero-order chi connectivity index (χ0) is 23.8.